The van der Waals surface area contributed by atoms with E-state index in [2.05, 4.69) is 21.2 Å². The lowest BCUT2D eigenvalue weighted by Gasteiger charge is -2.27. The van der Waals surface area contributed by atoms with E-state index in [-0.39, 0.29) is 17.5 Å². The van der Waals surface area contributed by atoms with E-state index in [1.54, 1.807) is 37.4 Å². The highest BCUT2D eigenvalue weighted by Crippen LogP contribution is 2.41. The Labute approximate surface area is 216 Å². The monoisotopic (exact) mass is 558 g/mol. The van der Waals surface area contributed by atoms with Crippen LogP contribution in [-0.2, 0) is 11.2 Å². The highest BCUT2D eigenvalue weighted by Gasteiger charge is 2.25. The molecule has 35 heavy (non-hydrogen) atoms. The Kier molecular flexibility index (Phi) is 7.83. The fourth-order valence-corrected chi connectivity index (χ4v) is 4.40. The van der Waals surface area contributed by atoms with Crippen LogP contribution < -0.4 is 24.6 Å². The third-order valence-electron chi connectivity index (χ3n) is 5.66. The SMILES string of the molecule is COc1cc(Br)ccc1CCNC(=O)c1ccc(Oc2cc3c(cc2Cl)C(C(=O)[O-])CCO3)cc1. The Morgan fingerprint density at radius 2 is 1.91 bits per heavy atom. The van der Waals surface area contributed by atoms with Crippen molar-refractivity contribution in [3.05, 3.63) is 80.8 Å². The Morgan fingerprint density at radius 3 is 2.63 bits per heavy atom. The zero-order valence-corrected chi connectivity index (χ0v) is 21.1. The topological polar surface area (TPSA) is 96.9 Å². The smallest absolute Gasteiger partial charge is 0.251 e. The van der Waals surface area contributed by atoms with Gasteiger partial charge in [0.15, 0.2) is 0 Å². The minimum Gasteiger partial charge on any atom is -0.549 e. The first-order valence-corrected chi connectivity index (χ1v) is 12.1. The van der Waals surface area contributed by atoms with Gasteiger partial charge in [0.25, 0.3) is 5.91 Å². The molecule has 1 heterocycles. The molecule has 1 aliphatic heterocycles. The number of carboxylic acids is 1. The first-order chi connectivity index (χ1) is 16.9. The van der Waals surface area contributed by atoms with Gasteiger partial charge in [0.05, 0.1) is 18.7 Å². The number of carboxylic acid groups (broad SMARTS) is 1. The van der Waals surface area contributed by atoms with Gasteiger partial charge in [-0.15, -0.1) is 0 Å². The second-order valence-corrected chi connectivity index (χ2v) is 9.24. The lowest BCUT2D eigenvalue weighted by molar-refractivity contribution is -0.308. The Hall–Kier alpha value is -3.23. The van der Waals surface area contributed by atoms with Crippen LogP contribution >= 0.6 is 27.5 Å². The maximum absolute atomic E-state index is 12.5. The maximum Gasteiger partial charge on any atom is 0.251 e. The summed E-state index contributed by atoms with van der Waals surface area (Å²) in [6.07, 6.45) is 0.952. The molecule has 0 fully saturated rings. The van der Waals surface area contributed by atoms with Crippen molar-refractivity contribution in [1.29, 1.82) is 0 Å². The zero-order chi connectivity index (χ0) is 24.9. The number of carbonyl (C=O) groups is 2. The van der Waals surface area contributed by atoms with Crippen LogP contribution in [0.3, 0.4) is 0 Å². The Morgan fingerprint density at radius 1 is 1.14 bits per heavy atom. The van der Waals surface area contributed by atoms with Crippen LogP contribution in [0, 0.1) is 0 Å². The fraction of sp³-hybridized carbons (Fsp3) is 0.231. The summed E-state index contributed by atoms with van der Waals surface area (Å²) in [4.78, 5) is 23.9. The molecule has 0 saturated carbocycles. The van der Waals surface area contributed by atoms with Gasteiger partial charge in [0.1, 0.15) is 23.0 Å². The number of carbonyl (C=O) groups excluding carboxylic acids is 2. The highest BCUT2D eigenvalue weighted by atomic mass is 79.9. The second kappa shape index (κ2) is 11.0. The molecule has 0 bridgehead atoms. The van der Waals surface area contributed by atoms with Crippen molar-refractivity contribution in [2.45, 2.75) is 18.8 Å². The molecule has 1 unspecified atom stereocenters. The molecule has 3 aromatic rings. The average Bonchev–Trinajstić information content (AvgIpc) is 2.85. The number of hydrogen-bond acceptors (Lipinski definition) is 6. The van der Waals surface area contributed by atoms with Crippen LogP contribution in [0.2, 0.25) is 5.02 Å². The number of halogens is 2. The molecule has 0 aromatic heterocycles. The van der Waals surface area contributed by atoms with Crippen LogP contribution in [0.1, 0.15) is 33.8 Å². The maximum atomic E-state index is 12.5. The van der Waals surface area contributed by atoms with Crippen LogP contribution in [0.25, 0.3) is 0 Å². The number of fused-ring (bicyclic) bond motifs is 1. The molecule has 0 saturated heterocycles. The normalized spacial score (nSPS) is 14.4. The number of hydrogen-bond donors (Lipinski definition) is 1. The fourth-order valence-electron chi connectivity index (χ4n) is 3.85. The molecular weight excluding hydrogens is 538 g/mol. The average molecular weight is 560 g/mol. The van der Waals surface area contributed by atoms with Gasteiger partial charge >= 0.3 is 0 Å². The van der Waals surface area contributed by atoms with Crippen LogP contribution in [0.15, 0.2) is 59.1 Å². The van der Waals surface area contributed by atoms with Crippen molar-refractivity contribution in [2.75, 3.05) is 20.3 Å². The van der Waals surface area contributed by atoms with Gasteiger partial charge < -0.3 is 29.4 Å². The third kappa shape index (κ3) is 5.89. The number of rotatable bonds is 8. The molecule has 0 aliphatic carbocycles. The van der Waals surface area contributed by atoms with E-state index >= 15 is 0 Å². The summed E-state index contributed by atoms with van der Waals surface area (Å²) in [6, 6.07) is 15.5. The van der Waals surface area contributed by atoms with Crippen LogP contribution in [-0.4, -0.2) is 32.1 Å². The van der Waals surface area contributed by atoms with Crippen LogP contribution in [0.5, 0.6) is 23.0 Å². The summed E-state index contributed by atoms with van der Waals surface area (Å²) in [5.74, 6) is -0.182. The number of aliphatic carboxylic acids is 1. The highest BCUT2D eigenvalue weighted by molar-refractivity contribution is 9.10. The van der Waals surface area contributed by atoms with Gasteiger partial charge in [-0.2, -0.15) is 0 Å². The summed E-state index contributed by atoms with van der Waals surface area (Å²) in [5, 5.41) is 14.5. The number of nitrogens with one attached hydrogen (secondary N) is 1. The predicted molar refractivity (Wildman–Crippen MR) is 133 cm³/mol. The number of ether oxygens (including phenoxy) is 3. The van der Waals surface area contributed by atoms with E-state index in [0.717, 1.165) is 15.8 Å². The molecule has 4 rings (SSSR count). The van der Waals surface area contributed by atoms with Gasteiger partial charge in [-0.25, -0.2) is 0 Å². The summed E-state index contributed by atoms with van der Waals surface area (Å²) >= 11 is 9.75. The molecule has 0 radical (unpaired) electrons. The summed E-state index contributed by atoms with van der Waals surface area (Å²) in [7, 11) is 1.61. The van der Waals surface area contributed by atoms with Crippen molar-refractivity contribution in [1.82, 2.24) is 5.32 Å². The molecule has 3 aromatic carbocycles. The van der Waals surface area contributed by atoms with Crippen molar-refractivity contribution in [2.24, 2.45) is 0 Å². The van der Waals surface area contributed by atoms with E-state index in [9.17, 15) is 14.7 Å². The molecule has 1 amide bonds. The van der Waals surface area contributed by atoms with E-state index in [0.29, 0.717) is 47.8 Å². The first kappa shape index (κ1) is 24.9. The Balaban J connectivity index is 1.38. The number of amides is 1. The zero-order valence-electron chi connectivity index (χ0n) is 18.8. The molecule has 1 atom stereocenters. The molecular formula is C26H22BrClNO6-. The molecule has 1 aliphatic rings. The van der Waals surface area contributed by atoms with Gasteiger partial charge in [0.2, 0.25) is 0 Å². The standard InChI is InChI=1S/C26H23BrClNO6/c1-33-22-12-17(27)5-2-15(22)8-10-29-25(30)16-3-6-18(7-4-16)35-24-14-23-20(13-21(24)28)19(26(31)32)9-11-34-23/h2-7,12-14,19H,8-11H2,1H3,(H,29,30)(H,31,32)/p-1. The largest absolute Gasteiger partial charge is 0.549 e. The minimum absolute atomic E-state index is 0.207. The Bertz CT molecular complexity index is 1250. The van der Waals surface area contributed by atoms with E-state index < -0.39 is 11.9 Å². The number of benzene rings is 3. The lowest BCUT2D eigenvalue weighted by Crippen LogP contribution is -2.33. The molecule has 7 nitrogen and oxygen atoms in total. The quantitative estimate of drug-likeness (QED) is 0.437. The molecule has 9 heteroatoms. The third-order valence-corrected chi connectivity index (χ3v) is 6.45. The lowest BCUT2D eigenvalue weighted by atomic mass is 9.93. The van der Waals surface area contributed by atoms with Crippen molar-refractivity contribution >= 4 is 39.4 Å². The van der Waals surface area contributed by atoms with Crippen molar-refractivity contribution < 1.29 is 28.9 Å². The van der Waals surface area contributed by atoms with Gasteiger partial charge in [-0.05, 0) is 60.9 Å². The summed E-state index contributed by atoms with van der Waals surface area (Å²) in [5.41, 5.74) is 1.95. The second-order valence-electron chi connectivity index (χ2n) is 7.92. The number of methoxy groups -OCH3 is 1. The summed E-state index contributed by atoms with van der Waals surface area (Å²) < 4.78 is 17.7. The van der Waals surface area contributed by atoms with Gasteiger partial charge in [0, 0.05) is 40.1 Å². The molecule has 182 valence electrons. The summed E-state index contributed by atoms with van der Waals surface area (Å²) in [6.45, 7) is 0.720. The van der Waals surface area contributed by atoms with Crippen LogP contribution in [0.4, 0.5) is 0 Å². The molecule has 1 N–H and O–H groups in total. The van der Waals surface area contributed by atoms with E-state index in [4.69, 9.17) is 25.8 Å². The predicted octanol–water partition coefficient (Wildman–Crippen LogP) is 4.49. The minimum atomic E-state index is -1.16. The molecule has 0 spiro atoms. The van der Waals surface area contributed by atoms with Crippen molar-refractivity contribution in [3.63, 3.8) is 0 Å². The van der Waals surface area contributed by atoms with Crippen molar-refractivity contribution in [3.8, 4) is 23.0 Å². The van der Waals surface area contributed by atoms with E-state index in [1.807, 2.05) is 18.2 Å². The van der Waals surface area contributed by atoms with Gasteiger partial charge in [-0.1, -0.05) is 33.6 Å². The van der Waals surface area contributed by atoms with Gasteiger partial charge in [-0.3, -0.25) is 4.79 Å². The first-order valence-electron chi connectivity index (χ1n) is 10.9. The van der Waals surface area contributed by atoms with E-state index in [1.165, 1.54) is 6.07 Å².